The van der Waals surface area contributed by atoms with Crippen molar-refractivity contribution in [1.82, 2.24) is 4.31 Å². The molecule has 7 heteroatoms. The van der Waals surface area contributed by atoms with E-state index in [0.29, 0.717) is 12.2 Å². The Hall–Kier alpha value is -1.05. The summed E-state index contributed by atoms with van der Waals surface area (Å²) < 4.78 is 26.5. The Balaban J connectivity index is 2.44. The normalized spacial score (nSPS) is 23.9. The Bertz CT molecular complexity index is 597. The monoisotopic (exact) mass is 315 g/mol. The number of sulfonamides is 1. The number of benzene rings is 1. The number of hydrogen-bond acceptors (Lipinski definition) is 4. The molecule has 1 N–H and O–H groups in total. The molecule has 0 radical (unpaired) electrons. The summed E-state index contributed by atoms with van der Waals surface area (Å²) in [5.41, 5.74) is 0.960. The van der Waals surface area contributed by atoms with Crippen molar-refractivity contribution in [3.63, 3.8) is 0 Å². The van der Waals surface area contributed by atoms with E-state index in [1.54, 1.807) is 12.1 Å². The van der Waals surface area contributed by atoms with Crippen LogP contribution in [0.3, 0.4) is 0 Å². The number of aliphatic carboxylic acids is 1. The van der Waals surface area contributed by atoms with Crippen LogP contribution in [-0.4, -0.2) is 41.0 Å². The van der Waals surface area contributed by atoms with Crippen molar-refractivity contribution in [3.8, 4) is 0 Å². The fourth-order valence-corrected chi connectivity index (χ4v) is 5.72. The lowest BCUT2D eigenvalue weighted by molar-refractivity contribution is -0.140. The molecule has 0 saturated carbocycles. The van der Waals surface area contributed by atoms with Crippen LogP contribution in [0.25, 0.3) is 0 Å². The van der Waals surface area contributed by atoms with Crippen molar-refractivity contribution in [2.24, 2.45) is 0 Å². The summed E-state index contributed by atoms with van der Waals surface area (Å²) in [6, 6.07) is 5.49. The lowest BCUT2D eigenvalue weighted by atomic mass is 10.2. The molecule has 1 aromatic carbocycles. The van der Waals surface area contributed by atoms with Crippen molar-refractivity contribution in [2.75, 3.05) is 5.75 Å². The number of thioether (sulfide) groups is 1. The molecule has 1 aromatic rings. The van der Waals surface area contributed by atoms with E-state index in [4.69, 9.17) is 0 Å². The van der Waals surface area contributed by atoms with Gasteiger partial charge in [0.2, 0.25) is 10.0 Å². The summed E-state index contributed by atoms with van der Waals surface area (Å²) in [7, 11) is -3.78. The van der Waals surface area contributed by atoms with Crippen molar-refractivity contribution in [3.05, 3.63) is 29.8 Å². The maximum atomic E-state index is 12.7. The Kier molecular flexibility index (Phi) is 4.41. The molecule has 5 nitrogen and oxygen atoms in total. The number of nitrogens with zero attached hydrogens (tertiary/aromatic N) is 1. The Morgan fingerprint density at radius 1 is 1.40 bits per heavy atom. The smallest absolute Gasteiger partial charge is 0.322 e. The van der Waals surface area contributed by atoms with E-state index in [1.165, 1.54) is 23.9 Å². The quantitative estimate of drug-likeness (QED) is 0.919. The molecule has 1 heterocycles. The molecule has 110 valence electrons. The summed E-state index contributed by atoms with van der Waals surface area (Å²) in [6.45, 7) is 3.73. The predicted molar refractivity (Wildman–Crippen MR) is 78.2 cm³/mol. The topological polar surface area (TPSA) is 74.7 Å². The van der Waals surface area contributed by atoms with Crippen molar-refractivity contribution in [2.45, 2.75) is 36.6 Å². The van der Waals surface area contributed by atoms with Crippen LogP contribution in [0, 0.1) is 6.92 Å². The van der Waals surface area contributed by atoms with E-state index in [9.17, 15) is 18.3 Å². The van der Waals surface area contributed by atoms with Gasteiger partial charge in [-0.3, -0.25) is 4.79 Å². The highest BCUT2D eigenvalue weighted by Gasteiger charge is 2.45. The van der Waals surface area contributed by atoms with Crippen LogP contribution in [0.15, 0.2) is 29.2 Å². The van der Waals surface area contributed by atoms with E-state index in [-0.39, 0.29) is 10.3 Å². The lowest BCUT2D eigenvalue weighted by Crippen LogP contribution is -2.45. The molecule has 1 saturated heterocycles. The van der Waals surface area contributed by atoms with Crippen LogP contribution in [0.4, 0.5) is 0 Å². The molecule has 2 unspecified atom stereocenters. The molecule has 0 amide bonds. The van der Waals surface area contributed by atoms with Crippen LogP contribution in [0.5, 0.6) is 0 Å². The van der Waals surface area contributed by atoms with Gasteiger partial charge in [0.05, 0.1) is 10.3 Å². The minimum atomic E-state index is -3.78. The number of carboxylic acids is 1. The van der Waals surface area contributed by atoms with Gasteiger partial charge in [-0.15, -0.1) is 11.8 Å². The number of carboxylic acid groups (broad SMARTS) is 1. The van der Waals surface area contributed by atoms with Crippen molar-refractivity contribution >= 4 is 27.8 Å². The fraction of sp³-hybridized carbons (Fsp3) is 0.462. The van der Waals surface area contributed by atoms with Gasteiger partial charge in [-0.1, -0.05) is 24.6 Å². The zero-order valence-corrected chi connectivity index (χ0v) is 12.9. The first-order chi connectivity index (χ1) is 9.37. The molecule has 1 fully saturated rings. The van der Waals surface area contributed by atoms with Gasteiger partial charge >= 0.3 is 5.97 Å². The third kappa shape index (κ3) is 2.70. The molecular weight excluding hydrogens is 298 g/mol. The van der Waals surface area contributed by atoms with Crippen molar-refractivity contribution < 1.29 is 18.3 Å². The summed E-state index contributed by atoms with van der Waals surface area (Å²) in [5.74, 6) is -0.803. The minimum absolute atomic E-state index is 0.148. The second-order valence-corrected chi connectivity index (χ2v) is 7.75. The summed E-state index contributed by atoms with van der Waals surface area (Å²) in [6.07, 6.45) is 0.583. The van der Waals surface area contributed by atoms with Gasteiger partial charge in [-0.05, 0) is 25.5 Å². The molecule has 2 atom stereocenters. The second-order valence-electron chi connectivity index (χ2n) is 4.70. The first-order valence-electron chi connectivity index (χ1n) is 6.32. The Morgan fingerprint density at radius 3 is 2.50 bits per heavy atom. The van der Waals surface area contributed by atoms with Gasteiger partial charge in [0.15, 0.2) is 0 Å². The molecule has 1 aliphatic rings. The van der Waals surface area contributed by atoms with Crippen LogP contribution >= 0.6 is 11.8 Å². The molecule has 2 rings (SSSR count). The number of carbonyl (C=O) groups is 1. The van der Waals surface area contributed by atoms with E-state index >= 15 is 0 Å². The molecule has 20 heavy (non-hydrogen) atoms. The van der Waals surface area contributed by atoms with Crippen molar-refractivity contribution in [1.29, 1.82) is 0 Å². The highest BCUT2D eigenvalue weighted by Crippen LogP contribution is 2.36. The molecular formula is C13H17NO4S2. The zero-order chi connectivity index (χ0) is 14.9. The van der Waals surface area contributed by atoms with E-state index in [1.807, 2.05) is 13.8 Å². The largest absolute Gasteiger partial charge is 0.480 e. The van der Waals surface area contributed by atoms with Crippen LogP contribution in [0.2, 0.25) is 0 Å². The number of hydrogen-bond donors (Lipinski definition) is 1. The molecule has 0 spiro atoms. The predicted octanol–water partition coefficient (Wildman–Crippen LogP) is 1.92. The van der Waals surface area contributed by atoms with Gasteiger partial charge in [0.1, 0.15) is 6.04 Å². The zero-order valence-electron chi connectivity index (χ0n) is 11.3. The van der Waals surface area contributed by atoms with Crippen LogP contribution < -0.4 is 0 Å². The standard InChI is InChI=1S/C13H17NO4S2/c1-3-12-14(11(8-19-12)13(15)16)20(17,18)10-6-4-9(2)5-7-10/h4-7,11-12H,3,8H2,1-2H3,(H,15,16). The molecule has 0 bridgehead atoms. The SMILES string of the molecule is CCC1SCC(C(=O)O)N1S(=O)(=O)c1ccc(C)cc1. The number of aryl methyl sites for hydroxylation is 1. The van der Waals surface area contributed by atoms with Gasteiger partial charge in [0, 0.05) is 5.75 Å². The molecule has 1 aliphatic heterocycles. The van der Waals surface area contributed by atoms with Gasteiger partial charge in [-0.2, -0.15) is 4.31 Å². The van der Waals surface area contributed by atoms with Gasteiger partial charge in [-0.25, -0.2) is 8.42 Å². The third-order valence-electron chi connectivity index (χ3n) is 3.27. The average molecular weight is 315 g/mol. The van der Waals surface area contributed by atoms with Crippen LogP contribution in [-0.2, 0) is 14.8 Å². The maximum absolute atomic E-state index is 12.7. The maximum Gasteiger partial charge on any atom is 0.322 e. The summed E-state index contributed by atoms with van der Waals surface area (Å²) >= 11 is 1.38. The molecule has 0 aliphatic carbocycles. The first kappa shape index (κ1) is 15.3. The van der Waals surface area contributed by atoms with E-state index in [0.717, 1.165) is 9.87 Å². The first-order valence-corrected chi connectivity index (χ1v) is 8.81. The third-order valence-corrected chi connectivity index (χ3v) is 6.79. The highest BCUT2D eigenvalue weighted by atomic mass is 32.2. The second kappa shape index (κ2) is 5.75. The van der Waals surface area contributed by atoms with E-state index in [2.05, 4.69) is 0 Å². The van der Waals surface area contributed by atoms with E-state index < -0.39 is 22.0 Å². The minimum Gasteiger partial charge on any atom is -0.480 e. The number of rotatable bonds is 4. The highest BCUT2D eigenvalue weighted by molar-refractivity contribution is 8.01. The van der Waals surface area contributed by atoms with Gasteiger partial charge < -0.3 is 5.11 Å². The summed E-state index contributed by atoms with van der Waals surface area (Å²) in [4.78, 5) is 11.4. The van der Waals surface area contributed by atoms with Gasteiger partial charge in [0.25, 0.3) is 0 Å². The lowest BCUT2D eigenvalue weighted by Gasteiger charge is -2.25. The average Bonchev–Trinajstić information content (AvgIpc) is 2.84. The molecule has 0 aromatic heterocycles. The fourth-order valence-electron chi connectivity index (χ4n) is 2.18. The summed E-state index contributed by atoms with van der Waals surface area (Å²) in [5, 5.41) is 8.91. The van der Waals surface area contributed by atoms with Crippen LogP contribution in [0.1, 0.15) is 18.9 Å². The Morgan fingerprint density at radius 2 is 2.00 bits per heavy atom. The Labute approximate surface area is 123 Å².